The molecule has 0 fully saturated rings. The van der Waals surface area contributed by atoms with Gasteiger partial charge in [-0.15, -0.1) is 0 Å². The second kappa shape index (κ2) is 5.59. The highest BCUT2D eigenvalue weighted by Crippen LogP contribution is 2.20. The van der Waals surface area contributed by atoms with E-state index in [0.29, 0.717) is 12.2 Å². The molecule has 0 spiro atoms. The van der Waals surface area contributed by atoms with Crippen LogP contribution < -0.4 is 5.32 Å². The van der Waals surface area contributed by atoms with Crippen molar-refractivity contribution in [3.8, 4) is 0 Å². The van der Waals surface area contributed by atoms with Crippen molar-refractivity contribution in [1.82, 2.24) is 4.98 Å². The monoisotopic (exact) mass is 330 g/mol. The fourth-order valence-electron chi connectivity index (χ4n) is 2.07. The standard InChI is InChI=1S/C16H12BrFN2/c17-13-4-6-16(14(18)9-13)20-10-11-3-5-15-12(8-11)2-1-7-19-15/h1-9,20H,10H2. The van der Waals surface area contributed by atoms with E-state index in [1.54, 1.807) is 12.3 Å². The molecule has 2 nitrogen and oxygen atoms in total. The van der Waals surface area contributed by atoms with Crippen molar-refractivity contribution < 1.29 is 4.39 Å². The highest BCUT2D eigenvalue weighted by atomic mass is 79.9. The van der Waals surface area contributed by atoms with Crippen LogP contribution in [0.2, 0.25) is 0 Å². The molecule has 0 saturated carbocycles. The average Bonchev–Trinajstić information content (AvgIpc) is 2.46. The number of nitrogens with zero attached hydrogens (tertiary/aromatic N) is 1. The largest absolute Gasteiger partial charge is 0.379 e. The first kappa shape index (κ1) is 13.1. The zero-order valence-corrected chi connectivity index (χ0v) is 12.2. The number of halogens is 2. The molecule has 0 unspecified atom stereocenters. The first-order chi connectivity index (χ1) is 9.72. The van der Waals surface area contributed by atoms with Crippen LogP contribution in [-0.2, 0) is 6.54 Å². The molecule has 3 rings (SSSR count). The van der Waals surface area contributed by atoms with Crippen LogP contribution in [0.25, 0.3) is 10.9 Å². The van der Waals surface area contributed by atoms with Crippen LogP contribution in [0.1, 0.15) is 5.56 Å². The minimum Gasteiger partial charge on any atom is -0.379 e. The van der Waals surface area contributed by atoms with E-state index in [1.807, 2.05) is 30.3 Å². The van der Waals surface area contributed by atoms with Gasteiger partial charge in [-0.2, -0.15) is 0 Å². The fourth-order valence-corrected chi connectivity index (χ4v) is 2.40. The van der Waals surface area contributed by atoms with Gasteiger partial charge in [0.2, 0.25) is 0 Å². The van der Waals surface area contributed by atoms with Gasteiger partial charge in [-0.05, 0) is 42.0 Å². The Morgan fingerprint density at radius 3 is 2.85 bits per heavy atom. The molecule has 0 saturated heterocycles. The van der Waals surface area contributed by atoms with Crippen molar-refractivity contribution in [2.24, 2.45) is 0 Å². The van der Waals surface area contributed by atoms with Crippen LogP contribution in [-0.4, -0.2) is 4.98 Å². The van der Waals surface area contributed by atoms with E-state index in [2.05, 4.69) is 32.3 Å². The summed E-state index contributed by atoms with van der Waals surface area (Å²) >= 11 is 3.24. The van der Waals surface area contributed by atoms with E-state index < -0.39 is 0 Å². The summed E-state index contributed by atoms with van der Waals surface area (Å²) < 4.78 is 14.4. The fraction of sp³-hybridized carbons (Fsp3) is 0.0625. The Morgan fingerprint density at radius 1 is 1.10 bits per heavy atom. The summed E-state index contributed by atoms with van der Waals surface area (Å²) in [5, 5.41) is 4.19. The van der Waals surface area contributed by atoms with Gasteiger partial charge in [0, 0.05) is 22.6 Å². The molecule has 0 bridgehead atoms. The predicted octanol–water partition coefficient (Wildman–Crippen LogP) is 4.75. The molecule has 20 heavy (non-hydrogen) atoms. The lowest BCUT2D eigenvalue weighted by Crippen LogP contribution is -2.01. The molecular formula is C16H12BrFN2. The Hall–Kier alpha value is -1.94. The molecule has 0 amide bonds. The minimum atomic E-state index is -0.262. The number of benzene rings is 2. The lowest BCUT2D eigenvalue weighted by molar-refractivity contribution is 0.629. The van der Waals surface area contributed by atoms with E-state index in [-0.39, 0.29) is 5.82 Å². The number of aromatic nitrogens is 1. The second-order valence-electron chi connectivity index (χ2n) is 4.51. The summed E-state index contributed by atoms with van der Waals surface area (Å²) in [5.74, 6) is -0.262. The van der Waals surface area contributed by atoms with E-state index in [9.17, 15) is 4.39 Å². The highest BCUT2D eigenvalue weighted by molar-refractivity contribution is 9.10. The average molecular weight is 331 g/mol. The van der Waals surface area contributed by atoms with Crippen LogP contribution in [0.15, 0.2) is 59.2 Å². The summed E-state index contributed by atoms with van der Waals surface area (Å²) in [6.07, 6.45) is 1.78. The Kier molecular flexibility index (Phi) is 3.65. The van der Waals surface area contributed by atoms with Gasteiger partial charge >= 0.3 is 0 Å². The Balaban J connectivity index is 1.79. The number of hydrogen-bond donors (Lipinski definition) is 1. The third kappa shape index (κ3) is 2.80. The van der Waals surface area contributed by atoms with E-state index in [0.717, 1.165) is 20.9 Å². The number of nitrogens with one attached hydrogen (secondary N) is 1. The molecule has 1 heterocycles. The molecule has 1 N–H and O–H groups in total. The maximum Gasteiger partial charge on any atom is 0.147 e. The number of pyridine rings is 1. The number of hydrogen-bond acceptors (Lipinski definition) is 2. The van der Waals surface area contributed by atoms with E-state index in [1.165, 1.54) is 6.07 Å². The maximum atomic E-state index is 13.7. The van der Waals surface area contributed by atoms with Gasteiger partial charge in [0.05, 0.1) is 11.2 Å². The molecule has 3 aromatic rings. The van der Waals surface area contributed by atoms with Crippen molar-refractivity contribution in [3.63, 3.8) is 0 Å². The molecular weight excluding hydrogens is 319 g/mol. The Bertz CT molecular complexity index is 758. The Morgan fingerprint density at radius 2 is 2.00 bits per heavy atom. The SMILES string of the molecule is Fc1cc(Br)ccc1NCc1ccc2ncccc2c1. The predicted molar refractivity (Wildman–Crippen MR) is 83.2 cm³/mol. The van der Waals surface area contributed by atoms with Gasteiger partial charge in [0.1, 0.15) is 5.82 Å². The van der Waals surface area contributed by atoms with E-state index in [4.69, 9.17) is 0 Å². The Labute approximate surface area is 124 Å². The number of fused-ring (bicyclic) bond motifs is 1. The van der Waals surface area contributed by atoms with Crippen molar-refractivity contribution in [2.45, 2.75) is 6.54 Å². The zero-order valence-electron chi connectivity index (χ0n) is 10.6. The van der Waals surface area contributed by atoms with Gasteiger partial charge in [0.15, 0.2) is 0 Å². The smallest absolute Gasteiger partial charge is 0.147 e. The van der Waals surface area contributed by atoms with Gasteiger partial charge in [0.25, 0.3) is 0 Å². The van der Waals surface area contributed by atoms with Crippen LogP contribution in [0.5, 0.6) is 0 Å². The van der Waals surface area contributed by atoms with Crippen LogP contribution in [0.3, 0.4) is 0 Å². The van der Waals surface area contributed by atoms with Gasteiger partial charge in [-0.25, -0.2) is 4.39 Å². The molecule has 1 aromatic heterocycles. The minimum absolute atomic E-state index is 0.262. The summed E-state index contributed by atoms with van der Waals surface area (Å²) in [7, 11) is 0. The normalized spacial score (nSPS) is 10.7. The van der Waals surface area contributed by atoms with E-state index >= 15 is 0 Å². The summed E-state index contributed by atoms with van der Waals surface area (Å²) in [5.41, 5.74) is 2.55. The molecule has 0 radical (unpaired) electrons. The van der Waals surface area contributed by atoms with Crippen LogP contribution in [0, 0.1) is 5.82 Å². The van der Waals surface area contributed by atoms with Crippen molar-refractivity contribution in [1.29, 1.82) is 0 Å². The highest BCUT2D eigenvalue weighted by Gasteiger charge is 2.03. The van der Waals surface area contributed by atoms with Gasteiger partial charge in [-0.3, -0.25) is 4.98 Å². The van der Waals surface area contributed by atoms with Crippen molar-refractivity contribution in [2.75, 3.05) is 5.32 Å². The van der Waals surface area contributed by atoms with Gasteiger partial charge in [-0.1, -0.05) is 28.1 Å². The zero-order chi connectivity index (χ0) is 13.9. The maximum absolute atomic E-state index is 13.7. The molecule has 4 heteroatoms. The van der Waals surface area contributed by atoms with Gasteiger partial charge < -0.3 is 5.32 Å². The summed E-state index contributed by atoms with van der Waals surface area (Å²) in [4.78, 5) is 4.28. The first-order valence-corrected chi connectivity index (χ1v) is 7.04. The summed E-state index contributed by atoms with van der Waals surface area (Å²) in [6, 6.07) is 15.0. The molecule has 2 aromatic carbocycles. The summed E-state index contributed by atoms with van der Waals surface area (Å²) in [6.45, 7) is 0.573. The first-order valence-electron chi connectivity index (χ1n) is 6.25. The molecule has 0 atom stereocenters. The molecule has 0 aliphatic carbocycles. The lowest BCUT2D eigenvalue weighted by atomic mass is 10.1. The molecule has 100 valence electrons. The van der Waals surface area contributed by atoms with Crippen molar-refractivity contribution in [3.05, 3.63) is 70.6 Å². The molecule has 0 aliphatic heterocycles. The third-order valence-electron chi connectivity index (χ3n) is 3.08. The van der Waals surface area contributed by atoms with Crippen molar-refractivity contribution >= 4 is 32.5 Å². The van der Waals surface area contributed by atoms with Crippen LogP contribution >= 0.6 is 15.9 Å². The quantitative estimate of drug-likeness (QED) is 0.749. The topological polar surface area (TPSA) is 24.9 Å². The van der Waals surface area contributed by atoms with Crippen LogP contribution in [0.4, 0.5) is 10.1 Å². The second-order valence-corrected chi connectivity index (χ2v) is 5.42. The lowest BCUT2D eigenvalue weighted by Gasteiger charge is -2.08. The third-order valence-corrected chi connectivity index (χ3v) is 3.57. The molecule has 0 aliphatic rings. The number of anilines is 1. The number of rotatable bonds is 3.